The van der Waals surface area contributed by atoms with Crippen LogP contribution in [0.5, 0.6) is 5.75 Å². The molecule has 0 aliphatic rings. The average molecular weight is 378 g/mol. The number of halogens is 1. The molecule has 0 atom stereocenters. The summed E-state index contributed by atoms with van der Waals surface area (Å²) in [5.41, 5.74) is 1.68. The fourth-order valence-corrected chi connectivity index (χ4v) is 2.53. The van der Waals surface area contributed by atoms with Gasteiger partial charge in [-0.1, -0.05) is 30.3 Å². The molecule has 0 saturated heterocycles. The predicted molar refractivity (Wildman–Crippen MR) is 106 cm³/mol. The largest absolute Gasteiger partial charge is 0.489 e. The van der Waals surface area contributed by atoms with Gasteiger partial charge in [-0.05, 0) is 48.0 Å². The van der Waals surface area contributed by atoms with Crippen molar-refractivity contribution in [1.29, 1.82) is 0 Å². The lowest BCUT2D eigenvalue weighted by Gasteiger charge is -2.10. The number of carbonyl (C=O) groups is 2. The molecule has 142 valence electrons. The van der Waals surface area contributed by atoms with Gasteiger partial charge >= 0.3 is 0 Å². The van der Waals surface area contributed by atoms with Gasteiger partial charge in [-0.25, -0.2) is 4.39 Å². The minimum Gasteiger partial charge on any atom is -0.489 e. The number of ether oxygens (including phenoxy) is 1. The standard InChI is InChI=1S/C22H19FN2O3/c1-15(26)24-18-11-12-20(23)21(13-18)25-22(27)17-9-7-16(8-10-17)14-28-19-5-3-2-4-6-19/h2-13H,14H2,1H3,(H,24,26)(H,25,27). The van der Waals surface area contributed by atoms with Crippen molar-refractivity contribution in [2.75, 3.05) is 10.6 Å². The molecule has 0 bridgehead atoms. The van der Waals surface area contributed by atoms with E-state index in [2.05, 4.69) is 10.6 Å². The Morgan fingerprint density at radius 3 is 2.32 bits per heavy atom. The quantitative estimate of drug-likeness (QED) is 0.658. The first-order chi connectivity index (χ1) is 13.5. The second-order valence-corrected chi connectivity index (χ2v) is 6.13. The second kappa shape index (κ2) is 8.81. The number of carbonyl (C=O) groups excluding carboxylic acids is 2. The van der Waals surface area contributed by atoms with Crippen molar-refractivity contribution in [2.45, 2.75) is 13.5 Å². The van der Waals surface area contributed by atoms with Gasteiger partial charge in [0.15, 0.2) is 0 Å². The van der Waals surface area contributed by atoms with Crippen LogP contribution in [0, 0.1) is 5.82 Å². The molecule has 2 amide bonds. The van der Waals surface area contributed by atoms with E-state index in [1.807, 2.05) is 30.3 Å². The highest BCUT2D eigenvalue weighted by atomic mass is 19.1. The van der Waals surface area contributed by atoms with Crippen molar-refractivity contribution in [1.82, 2.24) is 0 Å². The molecular formula is C22H19FN2O3. The molecular weight excluding hydrogens is 359 g/mol. The van der Waals surface area contributed by atoms with Gasteiger partial charge in [0.25, 0.3) is 5.91 Å². The van der Waals surface area contributed by atoms with Gasteiger partial charge in [0, 0.05) is 18.2 Å². The Hall–Kier alpha value is -3.67. The molecule has 2 N–H and O–H groups in total. The van der Waals surface area contributed by atoms with Gasteiger partial charge in [-0.15, -0.1) is 0 Å². The smallest absolute Gasteiger partial charge is 0.255 e. The zero-order chi connectivity index (χ0) is 19.9. The van der Waals surface area contributed by atoms with E-state index in [9.17, 15) is 14.0 Å². The lowest BCUT2D eigenvalue weighted by atomic mass is 10.1. The number of anilines is 2. The molecule has 5 nitrogen and oxygen atoms in total. The van der Waals surface area contributed by atoms with Crippen molar-refractivity contribution < 1.29 is 18.7 Å². The highest BCUT2D eigenvalue weighted by molar-refractivity contribution is 6.04. The van der Waals surface area contributed by atoms with E-state index in [0.29, 0.717) is 17.9 Å². The van der Waals surface area contributed by atoms with Crippen molar-refractivity contribution in [2.24, 2.45) is 0 Å². The SMILES string of the molecule is CC(=O)Nc1ccc(F)c(NC(=O)c2ccc(COc3ccccc3)cc2)c1. The molecule has 0 spiro atoms. The van der Waals surface area contributed by atoms with Gasteiger partial charge in [0.2, 0.25) is 5.91 Å². The number of hydrogen-bond donors (Lipinski definition) is 2. The molecule has 6 heteroatoms. The number of hydrogen-bond acceptors (Lipinski definition) is 3. The van der Waals surface area contributed by atoms with Crippen LogP contribution in [0.3, 0.4) is 0 Å². The zero-order valence-electron chi connectivity index (χ0n) is 15.2. The first-order valence-electron chi connectivity index (χ1n) is 8.66. The number of benzene rings is 3. The average Bonchev–Trinajstić information content (AvgIpc) is 2.69. The van der Waals surface area contributed by atoms with Crippen LogP contribution in [0.2, 0.25) is 0 Å². The topological polar surface area (TPSA) is 67.4 Å². The van der Waals surface area contributed by atoms with E-state index >= 15 is 0 Å². The van der Waals surface area contributed by atoms with E-state index in [1.54, 1.807) is 24.3 Å². The summed E-state index contributed by atoms with van der Waals surface area (Å²) in [4.78, 5) is 23.5. The van der Waals surface area contributed by atoms with Gasteiger partial charge in [0.05, 0.1) is 5.69 Å². The Labute approximate surface area is 162 Å². The Balaban J connectivity index is 1.64. The third-order valence-electron chi connectivity index (χ3n) is 3.90. The molecule has 0 aromatic heterocycles. The van der Waals surface area contributed by atoms with E-state index in [0.717, 1.165) is 11.3 Å². The third-order valence-corrected chi connectivity index (χ3v) is 3.90. The first-order valence-corrected chi connectivity index (χ1v) is 8.66. The molecule has 3 aromatic rings. The minimum absolute atomic E-state index is 0.00672. The summed E-state index contributed by atoms with van der Waals surface area (Å²) in [5, 5.41) is 5.07. The molecule has 0 heterocycles. The molecule has 0 radical (unpaired) electrons. The number of amides is 2. The van der Waals surface area contributed by atoms with Crippen LogP contribution in [0.15, 0.2) is 72.8 Å². The molecule has 0 aliphatic carbocycles. The van der Waals surface area contributed by atoms with E-state index in [-0.39, 0.29) is 11.6 Å². The van der Waals surface area contributed by atoms with Crippen LogP contribution in [-0.2, 0) is 11.4 Å². The summed E-state index contributed by atoms with van der Waals surface area (Å²) in [6.07, 6.45) is 0. The monoisotopic (exact) mass is 378 g/mol. The Kier molecular flexibility index (Phi) is 6.01. The third kappa shape index (κ3) is 5.17. The van der Waals surface area contributed by atoms with E-state index in [1.165, 1.54) is 25.1 Å². The summed E-state index contributed by atoms with van der Waals surface area (Å²) in [7, 11) is 0. The molecule has 0 fully saturated rings. The number of nitrogens with one attached hydrogen (secondary N) is 2. The van der Waals surface area contributed by atoms with Crippen molar-refractivity contribution in [3.63, 3.8) is 0 Å². The minimum atomic E-state index is -0.588. The normalized spacial score (nSPS) is 10.2. The van der Waals surface area contributed by atoms with Crippen molar-refractivity contribution in [3.8, 4) is 5.75 Å². The summed E-state index contributed by atoms with van der Waals surface area (Å²) in [6.45, 7) is 1.73. The Morgan fingerprint density at radius 2 is 1.64 bits per heavy atom. The van der Waals surface area contributed by atoms with Gasteiger partial charge in [-0.2, -0.15) is 0 Å². The number of para-hydroxylation sites is 1. The number of rotatable bonds is 6. The van der Waals surface area contributed by atoms with E-state index < -0.39 is 11.7 Å². The van der Waals surface area contributed by atoms with Gasteiger partial charge in [0.1, 0.15) is 18.2 Å². The maximum atomic E-state index is 14.0. The lowest BCUT2D eigenvalue weighted by molar-refractivity contribution is -0.114. The second-order valence-electron chi connectivity index (χ2n) is 6.13. The lowest BCUT2D eigenvalue weighted by Crippen LogP contribution is -2.14. The molecule has 0 unspecified atom stereocenters. The summed E-state index contributed by atoms with van der Waals surface area (Å²) >= 11 is 0. The van der Waals surface area contributed by atoms with Crippen LogP contribution in [0.25, 0.3) is 0 Å². The Morgan fingerprint density at radius 1 is 0.929 bits per heavy atom. The fraction of sp³-hybridized carbons (Fsp3) is 0.0909. The maximum absolute atomic E-state index is 14.0. The summed E-state index contributed by atoms with van der Waals surface area (Å²) < 4.78 is 19.6. The highest BCUT2D eigenvalue weighted by Gasteiger charge is 2.11. The van der Waals surface area contributed by atoms with Gasteiger partial charge in [-0.3, -0.25) is 9.59 Å². The van der Waals surface area contributed by atoms with Gasteiger partial charge < -0.3 is 15.4 Å². The zero-order valence-corrected chi connectivity index (χ0v) is 15.2. The molecule has 3 aromatic carbocycles. The first kappa shape index (κ1) is 19.1. The highest BCUT2D eigenvalue weighted by Crippen LogP contribution is 2.21. The van der Waals surface area contributed by atoms with Crippen LogP contribution in [-0.4, -0.2) is 11.8 Å². The molecule has 0 saturated carbocycles. The van der Waals surface area contributed by atoms with Crippen molar-refractivity contribution in [3.05, 3.63) is 89.7 Å². The molecule has 0 aliphatic heterocycles. The molecule has 28 heavy (non-hydrogen) atoms. The van der Waals surface area contributed by atoms with Crippen molar-refractivity contribution >= 4 is 23.2 Å². The Bertz CT molecular complexity index is 973. The summed E-state index contributed by atoms with van der Waals surface area (Å²) in [6, 6.07) is 20.3. The molecule has 3 rings (SSSR count). The van der Waals surface area contributed by atoms with Crippen LogP contribution >= 0.6 is 0 Å². The predicted octanol–water partition coefficient (Wildman–Crippen LogP) is 4.62. The fourth-order valence-electron chi connectivity index (χ4n) is 2.53. The van der Waals surface area contributed by atoms with E-state index in [4.69, 9.17) is 4.74 Å². The van der Waals surface area contributed by atoms with Crippen LogP contribution in [0.4, 0.5) is 15.8 Å². The maximum Gasteiger partial charge on any atom is 0.255 e. The van der Waals surface area contributed by atoms with Crippen LogP contribution < -0.4 is 15.4 Å². The summed E-state index contributed by atoms with van der Waals surface area (Å²) in [5.74, 6) is -0.555. The van der Waals surface area contributed by atoms with Crippen LogP contribution in [0.1, 0.15) is 22.8 Å².